The molecule has 0 aliphatic carbocycles. The lowest BCUT2D eigenvalue weighted by Crippen LogP contribution is -2.42. The number of halogens is 2. The van der Waals surface area contributed by atoms with E-state index in [9.17, 15) is 0 Å². The molecule has 114 valence electrons. The highest BCUT2D eigenvalue weighted by Crippen LogP contribution is 2.22. The van der Waals surface area contributed by atoms with Crippen molar-refractivity contribution in [3.8, 4) is 0 Å². The summed E-state index contributed by atoms with van der Waals surface area (Å²) in [4.78, 5) is 2.33. The third-order valence-corrected chi connectivity index (χ3v) is 4.91. The summed E-state index contributed by atoms with van der Waals surface area (Å²) in [5, 5.41) is 4.35. The van der Waals surface area contributed by atoms with Crippen molar-refractivity contribution in [3.63, 3.8) is 0 Å². The molecule has 1 atom stereocenters. The molecular formula is C16H26BrClN2. The van der Waals surface area contributed by atoms with Crippen molar-refractivity contribution in [2.24, 2.45) is 5.92 Å². The summed E-state index contributed by atoms with van der Waals surface area (Å²) in [7, 11) is 4.34. The second kappa shape index (κ2) is 9.04. The molecule has 1 unspecified atom stereocenters. The minimum atomic E-state index is 0.580. The van der Waals surface area contributed by atoms with Gasteiger partial charge in [0.1, 0.15) is 0 Å². The number of likely N-dealkylation sites (N-methyl/N-ethyl adjacent to an activating group) is 1. The second-order valence-corrected chi connectivity index (χ2v) is 6.76. The molecule has 1 aromatic carbocycles. The Morgan fingerprint density at radius 2 is 1.90 bits per heavy atom. The van der Waals surface area contributed by atoms with Crippen LogP contribution in [0.15, 0.2) is 22.7 Å². The summed E-state index contributed by atoms with van der Waals surface area (Å²) in [6.45, 7) is 6.43. The van der Waals surface area contributed by atoms with E-state index in [0.29, 0.717) is 6.04 Å². The third-order valence-electron chi connectivity index (χ3n) is 3.94. The molecule has 4 heteroatoms. The first-order valence-corrected chi connectivity index (χ1v) is 8.47. The van der Waals surface area contributed by atoms with E-state index in [4.69, 9.17) is 11.6 Å². The van der Waals surface area contributed by atoms with Crippen LogP contribution < -0.4 is 5.32 Å². The summed E-state index contributed by atoms with van der Waals surface area (Å²) >= 11 is 9.53. The van der Waals surface area contributed by atoms with E-state index < -0.39 is 0 Å². The van der Waals surface area contributed by atoms with Gasteiger partial charge in [0.05, 0.1) is 0 Å². The van der Waals surface area contributed by atoms with Crippen LogP contribution in [0.5, 0.6) is 0 Å². The highest BCUT2D eigenvalue weighted by atomic mass is 79.9. The van der Waals surface area contributed by atoms with Gasteiger partial charge >= 0.3 is 0 Å². The number of nitrogens with one attached hydrogen (secondary N) is 1. The third kappa shape index (κ3) is 5.36. The maximum absolute atomic E-state index is 5.97. The zero-order chi connectivity index (χ0) is 15.1. The summed E-state index contributed by atoms with van der Waals surface area (Å²) in [6, 6.07) is 6.54. The highest BCUT2D eigenvalue weighted by molar-refractivity contribution is 9.10. The van der Waals surface area contributed by atoms with Crippen molar-refractivity contribution in [1.29, 1.82) is 0 Å². The predicted octanol–water partition coefficient (Wildman–Crippen LogP) is 4.56. The summed E-state index contributed by atoms with van der Waals surface area (Å²) in [6.07, 6.45) is 2.46. The Morgan fingerprint density at radius 1 is 1.25 bits per heavy atom. The summed E-state index contributed by atoms with van der Waals surface area (Å²) < 4.78 is 1.07. The molecule has 20 heavy (non-hydrogen) atoms. The van der Waals surface area contributed by atoms with Gasteiger partial charge in [0, 0.05) is 28.6 Å². The monoisotopic (exact) mass is 360 g/mol. The van der Waals surface area contributed by atoms with Crippen LogP contribution in [-0.2, 0) is 6.54 Å². The molecular weight excluding hydrogens is 336 g/mol. The lowest BCUT2D eigenvalue weighted by molar-refractivity contribution is 0.194. The van der Waals surface area contributed by atoms with Crippen molar-refractivity contribution < 1.29 is 0 Å². The molecule has 0 fully saturated rings. The molecule has 0 heterocycles. The maximum Gasteiger partial charge on any atom is 0.0417 e. The average Bonchev–Trinajstić information content (AvgIpc) is 2.40. The Labute approximate surface area is 137 Å². The quantitative estimate of drug-likeness (QED) is 0.730. The van der Waals surface area contributed by atoms with Crippen LogP contribution >= 0.6 is 27.5 Å². The van der Waals surface area contributed by atoms with Crippen molar-refractivity contribution in [1.82, 2.24) is 10.2 Å². The molecule has 0 aromatic heterocycles. The fourth-order valence-corrected chi connectivity index (χ4v) is 3.45. The topological polar surface area (TPSA) is 15.3 Å². The van der Waals surface area contributed by atoms with E-state index in [1.54, 1.807) is 0 Å². The van der Waals surface area contributed by atoms with Crippen molar-refractivity contribution >= 4 is 27.5 Å². The number of benzene rings is 1. The van der Waals surface area contributed by atoms with Crippen LogP contribution in [0.4, 0.5) is 0 Å². The van der Waals surface area contributed by atoms with Crippen molar-refractivity contribution in [2.75, 3.05) is 20.6 Å². The van der Waals surface area contributed by atoms with Gasteiger partial charge in [0.25, 0.3) is 0 Å². The standard InChI is InChI=1S/C16H26BrClN2/c1-5-12(6-2)16(20(3)4)11-19-10-13-7-8-14(18)9-15(13)17/h7-9,12,16,19H,5-6,10-11H2,1-4H3. The normalized spacial score (nSPS) is 13.2. The lowest BCUT2D eigenvalue weighted by atomic mass is 9.93. The van der Waals surface area contributed by atoms with Gasteiger partial charge in [-0.25, -0.2) is 0 Å². The smallest absolute Gasteiger partial charge is 0.0417 e. The van der Waals surface area contributed by atoms with Gasteiger partial charge < -0.3 is 10.2 Å². The van der Waals surface area contributed by atoms with Crippen LogP contribution in [0.3, 0.4) is 0 Å². The van der Waals surface area contributed by atoms with Crippen LogP contribution in [-0.4, -0.2) is 31.6 Å². The van der Waals surface area contributed by atoms with E-state index >= 15 is 0 Å². The summed E-state index contributed by atoms with van der Waals surface area (Å²) in [5.74, 6) is 0.742. The Balaban J connectivity index is 2.56. The molecule has 1 rings (SSSR count). The molecule has 0 spiro atoms. The van der Waals surface area contributed by atoms with Gasteiger partial charge in [0.15, 0.2) is 0 Å². The van der Waals surface area contributed by atoms with E-state index in [0.717, 1.165) is 28.5 Å². The zero-order valence-corrected chi connectivity index (χ0v) is 15.3. The average molecular weight is 362 g/mol. The number of rotatable bonds is 8. The van der Waals surface area contributed by atoms with Crippen LogP contribution in [0.2, 0.25) is 5.02 Å². The van der Waals surface area contributed by atoms with E-state index in [2.05, 4.69) is 60.2 Å². The van der Waals surface area contributed by atoms with Crippen molar-refractivity contribution in [3.05, 3.63) is 33.3 Å². The van der Waals surface area contributed by atoms with Gasteiger partial charge in [0.2, 0.25) is 0 Å². The fourth-order valence-electron chi connectivity index (χ4n) is 2.62. The maximum atomic E-state index is 5.97. The molecule has 1 N–H and O–H groups in total. The highest BCUT2D eigenvalue weighted by Gasteiger charge is 2.20. The lowest BCUT2D eigenvalue weighted by Gasteiger charge is -2.31. The first kappa shape index (κ1) is 18.0. The van der Waals surface area contributed by atoms with Crippen LogP contribution in [0, 0.1) is 5.92 Å². The minimum Gasteiger partial charge on any atom is -0.311 e. The summed E-state index contributed by atoms with van der Waals surface area (Å²) in [5.41, 5.74) is 1.25. The Kier molecular flexibility index (Phi) is 8.11. The molecule has 0 aliphatic heterocycles. The Hall–Kier alpha value is -0.0900. The molecule has 0 amide bonds. The Bertz CT molecular complexity index is 405. The first-order chi connectivity index (χ1) is 9.49. The molecule has 0 bridgehead atoms. The van der Waals surface area contributed by atoms with Crippen LogP contribution in [0.1, 0.15) is 32.3 Å². The van der Waals surface area contributed by atoms with Gasteiger partial charge in [-0.3, -0.25) is 0 Å². The Morgan fingerprint density at radius 3 is 2.40 bits per heavy atom. The molecule has 0 saturated heterocycles. The molecule has 0 aliphatic rings. The van der Waals surface area contributed by atoms with Gasteiger partial charge in [-0.2, -0.15) is 0 Å². The fraction of sp³-hybridized carbons (Fsp3) is 0.625. The molecule has 1 aromatic rings. The van der Waals surface area contributed by atoms with Gasteiger partial charge in [-0.05, 0) is 37.7 Å². The van der Waals surface area contributed by atoms with E-state index in [-0.39, 0.29) is 0 Å². The molecule has 2 nitrogen and oxygen atoms in total. The minimum absolute atomic E-state index is 0.580. The largest absolute Gasteiger partial charge is 0.311 e. The van der Waals surface area contributed by atoms with E-state index in [1.165, 1.54) is 18.4 Å². The molecule has 0 radical (unpaired) electrons. The van der Waals surface area contributed by atoms with E-state index in [1.807, 2.05) is 12.1 Å². The van der Waals surface area contributed by atoms with Crippen molar-refractivity contribution in [2.45, 2.75) is 39.3 Å². The zero-order valence-electron chi connectivity index (χ0n) is 12.9. The predicted molar refractivity (Wildman–Crippen MR) is 92.4 cm³/mol. The number of nitrogens with zero attached hydrogens (tertiary/aromatic N) is 1. The first-order valence-electron chi connectivity index (χ1n) is 7.30. The van der Waals surface area contributed by atoms with Crippen LogP contribution in [0.25, 0.3) is 0 Å². The SMILES string of the molecule is CCC(CC)C(CNCc1ccc(Cl)cc1Br)N(C)C. The second-order valence-electron chi connectivity index (χ2n) is 5.47. The van der Waals surface area contributed by atoms with Gasteiger partial charge in [-0.15, -0.1) is 0 Å². The number of hydrogen-bond donors (Lipinski definition) is 1. The molecule has 0 saturated carbocycles. The van der Waals surface area contributed by atoms with Gasteiger partial charge in [-0.1, -0.05) is 60.3 Å². The number of hydrogen-bond acceptors (Lipinski definition) is 2.